The first-order valence-corrected chi connectivity index (χ1v) is 9.29. The van der Waals surface area contributed by atoms with E-state index in [4.69, 9.17) is 4.74 Å². The fourth-order valence-corrected chi connectivity index (χ4v) is 7.26. The summed E-state index contributed by atoms with van der Waals surface area (Å²) in [6.45, 7) is 9.08. The number of carbonyl (C=O) groups excluding carboxylic acids is 1. The topological polar surface area (TPSA) is 46.5 Å². The van der Waals surface area contributed by atoms with Crippen LogP contribution in [0.5, 0.6) is 11.5 Å². The molecule has 2 fully saturated rings. The van der Waals surface area contributed by atoms with Gasteiger partial charge in [0.15, 0.2) is 11.4 Å². The van der Waals surface area contributed by atoms with Crippen molar-refractivity contribution in [2.24, 2.45) is 16.7 Å². The molecule has 4 aliphatic rings. The molecule has 1 N–H and O–H groups in total. The standard InChI is InChI=1S/C21H26O3/c1-12-7-9-19(3)20(4)16(23)8-10-21(19)17-13(11-18(12,21)2)14(22)5-6-15(17)24-20/h5-6,12,22H,7-11H2,1-4H3. The number of benzene rings is 1. The lowest BCUT2D eigenvalue weighted by Crippen LogP contribution is -2.74. The van der Waals surface area contributed by atoms with E-state index in [-0.39, 0.29) is 22.0 Å². The number of phenolic OH excluding ortho intramolecular Hbond substituents is 1. The number of Topliss-reactive ketones (excluding diaryl/α,β-unsaturated/α-hetero) is 1. The molecule has 0 aromatic heterocycles. The maximum Gasteiger partial charge on any atom is 0.176 e. The largest absolute Gasteiger partial charge is 0.508 e. The van der Waals surface area contributed by atoms with Crippen molar-refractivity contribution < 1.29 is 14.6 Å². The number of phenols is 1. The Morgan fingerprint density at radius 1 is 1.21 bits per heavy atom. The molecule has 5 rings (SSSR count). The smallest absolute Gasteiger partial charge is 0.176 e. The zero-order chi connectivity index (χ0) is 17.1. The Bertz CT molecular complexity index is 799. The van der Waals surface area contributed by atoms with E-state index in [0.717, 1.165) is 37.0 Å². The molecule has 0 amide bonds. The molecule has 1 spiro atoms. The van der Waals surface area contributed by atoms with Crippen molar-refractivity contribution in [3.8, 4) is 11.5 Å². The molecule has 5 unspecified atom stereocenters. The Hall–Kier alpha value is -1.51. The Kier molecular flexibility index (Phi) is 2.37. The minimum atomic E-state index is -0.752. The quantitative estimate of drug-likeness (QED) is 0.779. The Morgan fingerprint density at radius 3 is 2.71 bits per heavy atom. The number of rotatable bonds is 0. The van der Waals surface area contributed by atoms with Gasteiger partial charge in [-0.2, -0.15) is 0 Å². The molecule has 1 aromatic rings. The van der Waals surface area contributed by atoms with Gasteiger partial charge in [-0.3, -0.25) is 4.79 Å². The Labute approximate surface area is 143 Å². The van der Waals surface area contributed by atoms with E-state index >= 15 is 0 Å². The van der Waals surface area contributed by atoms with Gasteiger partial charge in [0.25, 0.3) is 0 Å². The lowest BCUT2D eigenvalue weighted by molar-refractivity contribution is -0.205. The summed E-state index contributed by atoms with van der Waals surface area (Å²) in [6, 6.07) is 3.64. The average Bonchev–Trinajstić information content (AvgIpc) is 2.82. The van der Waals surface area contributed by atoms with E-state index in [1.165, 1.54) is 5.56 Å². The van der Waals surface area contributed by atoms with Crippen LogP contribution in [0.15, 0.2) is 12.1 Å². The molecule has 0 saturated heterocycles. The fraction of sp³-hybridized carbons (Fsp3) is 0.667. The second-order valence-corrected chi connectivity index (χ2v) is 9.27. The molecule has 2 saturated carbocycles. The first-order chi connectivity index (χ1) is 11.2. The number of aromatic hydroxyl groups is 1. The van der Waals surface area contributed by atoms with E-state index in [1.807, 2.05) is 13.0 Å². The van der Waals surface area contributed by atoms with Crippen molar-refractivity contribution in [3.63, 3.8) is 0 Å². The fourth-order valence-electron chi connectivity index (χ4n) is 7.26. The van der Waals surface area contributed by atoms with Crippen molar-refractivity contribution >= 4 is 5.78 Å². The number of hydrogen-bond acceptors (Lipinski definition) is 3. The third-order valence-corrected chi connectivity index (χ3v) is 8.93. The summed E-state index contributed by atoms with van der Waals surface area (Å²) in [5, 5.41) is 10.6. The highest BCUT2D eigenvalue weighted by Gasteiger charge is 2.78. The van der Waals surface area contributed by atoms with Crippen molar-refractivity contribution in [2.75, 3.05) is 0 Å². The predicted molar refractivity (Wildman–Crippen MR) is 91.4 cm³/mol. The second kappa shape index (κ2) is 3.84. The number of hydrogen-bond donors (Lipinski definition) is 1. The molecule has 3 heteroatoms. The minimum absolute atomic E-state index is 0.0675. The van der Waals surface area contributed by atoms with Gasteiger partial charge in [-0.25, -0.2) is 0 Å². The van der Waals surface area contributed by atoms with E-state index in [1.54, 1.807) is 6.07 Å². The number of carbonyl (C=O) groups is 1. The van der Waals surface area contributed by atoms with Crippen LogP contribution in [0.3, 0.4) is 0 Å². The molecule has 0 radical (unpaired) electrons. The molecule has 1 aromatic carbocycles. The van der Waals surface area contributed by atoms with E-state index in [2.05, 4.69) is 20.8 Å². The Morgan fingerprint density at radius 2 is 1.96 bits per heavy atom. The van der Waals surface area contributed by atoms with Crippen molar-refractivity contribution in [2.45, 2.75) is 70.8 Å². The van der Waals surface area contributed by atoms with Crippen LogP contribution >= 0.6 is 0 Å². The van der Waals surface area contributed by atoms with E-state index in [0.29, 0.717) is 18.1 Å². The van der Waals surface area contributed by atoms with Gasteiger partial charge in [-0.1, -0.05) is 20.8 Å². The second-order valence-electron chi connectivity index (χ2n) is 9.27. The van der Waals surface area contributed by atoms with Crippen molar-refractivity contribution in [3.05, 3.63) is 23.3 Å². The summed E-state index contributed by atoms with van der Waals surface area (Å²) >= 11 is 0. The number of ketones is 1. The first kappa shape index (κ1) is 14.8. The summed E-state index contributed by atoms with van der Waals surface area (Å²) < 4.78 is 6.45. The molecular formula is C21H26O3. The molecule has 2 bridgehead atoms. The molecule has 5 atom stereocenters. The maximum absolute atomic E-state index is 13.0. The van der Waals surface area contributed by atoms with Crippen molar-refractivity contribution in [1.29, 1.82) is 0 Å². The molecule has 24 heavy (non-hydrogen) atoms. The highest BCUT2D eigenvalue weighted by atomic mass is 16.5. The van der Waals surface area contributed by atoms with E-state index < -0.39 is 5.60 Å². The summed E-state index contributed by atoms with van der Waals surface area (Å²) in [7, 11) is 0. The van der Waals surface area contributed by atoms with Gasteiger partial charge >= 0.3 is 0 Å². The lowest BCUT2D eigenvalue weighted by atomic mass is 9.35. The van der Waals surface area contributed by atoms with Gasteiger partial charge in [0.1, 0.15) is 11.5 Å². The number of ether oxygens (including phenoxy) is 1. The third-order valence-electron chi connectivity index (χ3n) is 8.93. The van der Waals surface area contributed by atoms with Gasteiger partial charge in [0.05, 0.1) is 0 Å². The van der Waals surface area contributed by atoms with Crippen LogP contribution in [0.4, 0.5) is 0 Å². The van der Waals surface area contributed by atoms with Crippen LogP contribution in [0, 0.1) is 16.7 Å². The predicted octanol–water partition coefficient (Wildman–Crippen LogP) is 4.14. The molecule has 1 aliphatic heterocycles. The van der Waals surface area contributed by atoms with Gasteiger partial charge in [-0.15, -0.1) is 0 Å². The van der Waals surface area contributed by atoms with Gasteiger partial charge < -0.3 is 9.84 Å². The zero-order valence-corrected chi connectivity index (χ0v) is 15.0. The monoisotopic (exact) mass is 326 g/mol. The SMILES string of the molecule is CC1CCC2(C)C3(C)Oc4ccc(O)c5c4C2(CCC3=O)C1(C)C5. The van der Waals surface area contributed by atoms with Crippen molar-refractivity contribution in [1.82, 2.24) is 0 Å². The third kappa shape index (κ3) is 1.14. The molecule has 128 valence electrons. The minimum Gasteiger partial charge on any atom is -0.508 e. The summed E-state index contributed by atoms with van der Waals surface area (Å²) in [6.07, 6.45) is 4.51. The van der Waals surface area contributed by atoms with Crippen LogP contribution in [-0.2, 0) is 16.6 Å². The maximum atomic E-state index is 13.0. The molecule has 1 heterocycles. The van der Waals surface area contributed by atoms with Crippen LogP contribution < -0.4 is 4.74 Å². The van der Waals surface area contributed by atoms with Crippen LogP contribution in [0.1, 0.15) is 64.5 Å². The van der Waals surface area contributed by atoms with Gasteiger partial charge in [0.2, 0.25) is 0 Å². The lowest BCUT2D eigenvalue weighted by Gasteiger charge is -2.70. The van der Waals surface area contributed by atoms with Crippen LogP contribution in [-0.4, -0.2) is 16.5 Å². The Balaban J connectivity index is 1.95. The average molecular weight is 326 g/mol. The summed E-state index contributed by atoms with van der Waals surface area (Å²) in [5.41, 5.74) is 1.35. The van der Waals surface area contributed by atoms with Gasteiger partial charge in [0, 0.05) is 28.4 Å². The highest BCUT2D eigenvalue weighted by molar-refractivity contribution is 5.91. The normalized spacial score (nSPS) is 48.0. The van der Waals surface area contributed by atoms with E-state index in [9.17, 15) is 9.90 Å². The zero-order valence-electron chi connectivity index (χ0n) is 15.0. The molecular weight excluding hydrogens is 300 g/mol. The first-order valence-electron chi connectivity index (χ1n) is 9.29. The van der Waals surface area contributed by atoms with Crippen LogP contribution in [0.25, 0.3) is 0 Å². The van der Waals surface area contributed by atoms with Gasteiger partial charge in [-0.05, 0) is 56.1 Å². The highest BCUT2D eigenvalue weighted by Crippen LogP contribution is 2.78. The molecule has 3 nitrogen and oxygen atoms in total. The molecule has 3 aliphatic carbocycles. The van der Waals surface area contributed by atoms with Crippen LogP contribution in [0.2, 0.25) is 0 Å². The summed E-state index contributed by atoms with van der Waals surface area (Å²) in [4.78, 5) is 13.0. The summed E-state index contributed by atoms with van der Waals surface area (Å²) in [5.74, 6) is 2.06.